The second kappa shape index (κ2) is 7.64. The molecule has 0 radical (unpaired) electrons. The van der Waals surface area contributed by atoms with Gasteiger partial charge >= 0.3 is 0 Å². The van der Waals surface area contributed by atoms with Crippen LogP contribution in [-0.4, -0.2) is 90.1 Å². The molecule has 2 amide bonds. The van der Waals surface area contributed by atoms with E-state index in [4.69, 9.17) is 4.74 Å². The monoisotopic (exact) mass is 374 g/mol. The van der Waals surface area contributed by atoms with Crippen LogP contribution >= 0.6 is 0 Å². The molecule has 0 unspecified atom stereocenters. The molecule has 4 rings (SSSR count). The van der Waals surface area contributed by atoms with Crippen molar-refractivity contribution in [1.82, 2.24) is 19.3 Å². The molecular formula is C20H30N4O3. The van der Waals surface area contributed by atoms with Gasteiger partial charge in [0, 0.05) is 56.7 Å². The molecule has 27 heavy (non-hydrogen) atoms. The Morgan fingerprint density at radius 3 is 2.30 bits per heavy atom. The van der Waals surface area contributed by atoms with Crippen LogP contribution in [0.1, 0.15) is 40.6 Å². The summed E-state index contributed by atoms with van der Waals surface area (Å²) in [5, 5.41) is 0. The highest BCUT2D eigenvalue weighted by Gasteiger charge is 2.31. The van der Waals surface area contributed by atoms with E-state index < -0.39 is 0 Å². The molecule has 7 heteroatoms. The van der Waals surface area contributed by atoms with Crippen LogP contribution in [0.5, 0.6) is 0 Å². The maximum atomic E-state index is 13.0. The Balaban J connectivity index is 1.32. The van der Waals surface area contributed by atoms with Crippen LogP contribution in [-0.2, 0) is 9.53 Å². The molecule has 2 saturated heterocycles. The number of piperazine rings is 1. The molecule has 0 spiro atoms. The smallest absolute Gasteiger partial charge is 0.255 e. The Morgan fingerprint density at radius 1 is 1.00 bits per heavy atom. The number of nitrogens with zero attached hydrogens (tertiary/aromatic N) is 4. The topological polar surface area (TPSA) is 58.0 Å². The van der Waals surface area contributed by atoms with Crippen molar-refractivity contribution in [2.45, 2.75) is 32.7 Å². The van der Waals surface area contributed by atoms with E-state index in [1.54, 1.807) is 0 Å². The molecule has 7 nitrogen and oxygen atoms in total. The van der Waals surface area contributed by atoms with Crippen LogP contribution in [0.2, 0.25) is 0 Å². The number of morpholine rings is 1. The first-order valence-electron chi connectivity index (χ1n) is 10.1. The molecule has 1 aliphatic carbocycles. The summed E-state index contributed by atoms with van der Waals surface area (Å²) in [5.41, 5.74) is 3.13. The lowest BCUT2D eigenvalue weighted by Crippen LogP contribution is -2.52. The van der Waals surface area contributed by atoms with Gasteiger partial charge < -0.3 is 19.1 Å². The van der Waals surface area contributed by atoms with E-state index in [1.165, 1.54) is 18.5 Å². The molecule has 1 aromatic heterocycles. The summed E-state index contributed by atoms with van der Waals surface area (Å²) in [6, 6.07) is 2.64. The molecule has 3 heterocycles. The lowest BCUT2D eigenvalue weighted by Gasteiger charge is -2.36. The zero-order valence-corrected chi connectivity index (χ0v) is 16.4. The largest absolute Gasteiger partial charge is 0.378 e. The van der Waals surface area contributed by atoms with Crippen molar-refractivity contribution < 1.29 is 14.3 Å². The number of ether oxygens (including phenoxy) is 1. The van der Waals surface area contributed by atoms with Crippen molar-refractivity contribution in [3.63, 3.8) is 0 Å². The minimum Gasteiger partial charge on any atom is -0.378 e. The minimum absolute atomic E-state index is 0.133. The van der Waals surface area contributed by atoms with Gasteiger partial charge in [0.05, 0.1) is 25.3 Å². The van der Waals surface area contributed by atoms with Gasteiger partial charge in [0.1, 0.15) is 0 Å². The summed E-state index contributed by atoms with van der Waals surface area (Å²) in [5.74, 6) is 0.306. The Bertz CT molecular complexity index is 711. The van der Waals surface area contributed by atoms with E-state index >= 15 is 0 Å². The number of carbonyl (C=O) groups is 2. The summed E-state index contributed by atoms with van der Waals surface area (Å²) in [6.45, 7) is 10.1. The normalized spacial score (nSPS) is 21.6. The highest BCUT2D eigenvalue weighted by Crippen LogP contribution is 2.38. The number of rotatable bonds is 4. The van der Waals surface area contributed by atoms with Gasteiger partial charge in [0.25, 0.3) is 5.91 Å². The SMILES string of the molecule is Cc1cc(C(=O)N2CCN(CC(=O)N3CCOCC3)CC2)c(C)n1C1CC1. The molecule has 0 N–H and O–H groups in total. The second-order valence-electron chi connectivity index (χ2n) is 7.95. The fourth-order valence-corrected chi connectivity index (χ4v) is 4.27. The Labute approximate surface area is 160 Å². The van der Waals surface area contributed by atoms with E-state index in [0.717, 1.165) is 24.3 Å². The van der Waals surface area contributed by atoms with Gasteiger partial charge in [-0.05, 0) is 32.8 Å². The predicted molar refractivity (Wildman–Crippen MR) is 102 cm³/mol. The molecule has 1 saturated carbocycles. The molecular weight excluding hydrogens is 344 g/mol. The molecule has 0 bridgehead atoms. The summed E-state index contributed by atoms with van der Waals surface area (Å²) in [6.07, 6.45) is 2.44. The highest BCUT2D eigenvalue weighted by atomic mass is 16.5. The number of hydrogen-bond acceptors (Lipinski definition) is 4. The number of carbonyl (C=O) groups excluding carboxylic acids is 2. The summed E-state index contributed by atoms with van der Waals surface area (Å²) >= 11 is 0. The van der Waals surface area contributed by atoms with E-state index in [2.05, 4.69) is 23.3 Å². The Morgan fingerprint density at radius 2 is 1.67 bits per heavy atom. The maximum Gasteiger partial charge on any atom is 0.255 e. The van der Waals surface area contributed by atoms with Crippen LogP contribution in [0.25, 0.3) is 0 Å². The number of aryl methyl sites for hydroxylation is 1. The number of amides is 2. The molecule has 148 valence electrons. The van der Waals surface area contributed by atoms with Gasteiger partial charge in [-0.1, -0.05) is 0 Å². The van der Waals surface area contributed by atoms with Crippen molar-refractivity contribution >= 4 is 11.8 Å². The van der Waals surface area contributed by atoms with E-state index in [-0.39, 0.29) is 11.8 Å². The van der Waals surface area contributed by atoms with Gasteiger partial charge in [0.2, 0.25) is 5.91 Å². The lowest BCUT2D eigenvalue weighted by molar-refractivity contribution is -0.136. The van der Waals surface area contributed by atoms with Crippen LogP contribution in [0.3, 0.4) is 0 Å². The van der Waals surface area contributed by atoms with Gasteiger partial charge in [-0.3, -0.25) is 14.5 Å². The van der Waals surface area contributed by atoms with Crippen LogP contribution < -0.4 is 0 Å². The van der Waals surface area contributed by atoms with E-state index in [1.807, 2.05) is 15.9 Å². The third kappa shape index (κ3) is 3.89. The summed E-state index contributed by atoms with van der Waals surface area (Å²) in [4.78, 5) is 31.4. The fourth-order valence-electron chi connectivity index (χ4n) is 4.27. The van der Waals surface area contributed by atoms with Crippen molar-refractivity contribution in [3.05, 3.63) is 23.0 Å². The average Bonchev–Trinajstić information content (AvgIpc) is 3.47. The van der Waals surface area contributed by atoms with Crippen molar-refractivity contribution in [2.75, 3.05) is 59.0 Å². The maximum absolute atomic E-state index is 13.0. The first-order chi connectivity index (χ1) is 13.0. The van der Waals surface area contributed by atoms with Gasteiger partial charge in [-0.25, -0.2) is 0 Å². The van der Waals surface area contributed by atoms with E-state index in [9.17, 15) is 9.59 Å². The van der Waals surface area contributed by atoms with E-state index in [0.29, 0.717) is 52.0 Å². The standard InChI is InChI=1S/C20H30N4O3/c1-15-13-18(16(2)24(15)17-3-4-17)20(26)23-7-5-21(6-8-23)14-19(25)22-9-11-27-12-10-22/h13,17H,3-12,14H2,1-2H3. The third-order valence-electron chi connectivity index (χ3n) is 6.01. The molecule has 0 aromatic carbocycles. The minimum atomic E-state index is 0.133. The fraction of sp³-hybridized carbons (Fsp3) is 0.700. The van der Waals surface area contributed by atoms with Crippen molar-refractivity contribution in [2.24, 2.45) is 0 Å². The number of hydrogen-bond donors (Lipinski definition) is 0. The first kappa shape index (κ1) is 18.5. The molecule has 1 aromatic rings. The van der Waals surface area contributed by atoms with Gasteiger partial charge in [-0.2, -0.15) is 0 Å². The van der Waals surface area contributed by atoms with Crippen molar-refractivity contribution in [1.29, 1.82) is 0 Å². The van der Waals surface area contributed by atoms with Gasteiger partial charge in [-0.15, -0.1) is 0 Å². The number of aromatic nitrogens is 1. The average molecular weight is 374 g/mol. The summed E-state index contributed by atoms with van der Waals surface area (Å²) < 4.78 is 7.63. The Kier molecular flexibility index (Phi) is 5.23. The van der Waals surface area contributed by atoms with Crippen LogP contribution in [0.15, 0.2) is 6.07 Å². The molecule has 2 aliphatic heterocycles. The lowest BCUT2D eigenvalue weighted by atomic mass is 10.2. The zero-order valence-electron chi connectivity index (χ0n) is 16.4. The quantitative estimate of drug-likeness (QED) is 0.791. The van der Waals surface area contributed by atoms with Crippen LogP contribution in [0, 0.1) is 13.8 Å². The second-order valence-corrected chi connectivity index (χ2v) is 7.95. The highest BCUT2D eigenvalue weighted by molar-refractivity contribution is 5.95. The molecule has 3 aliphatic rings. The predicted octanol–water partition coefficient (Wildman–Crippen LogP) is 1.06. The van der Waals surface area contributed by atoms with Crippen molar-refractivity contribution in [3.8, 4) is 0 Å². The van der Waals surface area contributed by atoms with Crippen LogP contribution in [0.4, 0.5) is 0 Å². The first-order valence-corrected chi connectivity index (χ1v) is 10.1. The zero-order chi connectivity index (χ0) is 19.0. The molecule has 0 atom stereocenters. The molecule has 3 fully saturated rings. The third-order valence-corrected chi connectivity index (χ3v) is 6.01. The van der Waals surface area contributed by atoms with Gasteiger partial charge in [0.15, 0.2) is 0 Å². The Hall–Kier alpha value is -1.86. The summed E-state index contributed by atoms with van der Waals surface area (Å²) in [7, 11) is 0.